The smallest absolute Gasteiger partial charge is 0.327 e. The van der Waals surface area contributed by atoms with E-state index in [1.807, 2.05) is 37.4 Å². The van der Waals surface area contributed by atoms with Gasteiger partial charge in [0.1, 0.15) is 12.6 Å². The van der Waals surface area contributed by atoms with E-state index in [2.05, 4.69) is 4.90 Å². The fourth-order valence-electron chi connectivity index (χ4n) is 1.85. The average molecular weight is 234 g/mol. The summed E-state index contributed by atoms with van der Waals surface area (Å²) in [5.41, 5.74) is 6.62. The number of nitrogens with two attached hydrogens (primary N) is 1. The third kappa shape index (κ3) is 2.84. The molecule has 1 aromatic rings. The maximum absolute atomic E-state index is 11.7. The van der Waals surface area contributed by atoms with E-state index in [0.717, 1.165) is 18.5 Å². The van der Waals surface area contributed by atoms with Crippen molar-refractivity contribution in [3.63, 3.8) is 0 Å². The van der Waals surface area contributed by atoms with Crippen molar-refractivity contribution < 1.29 is 9.53 Å². The lowest BCUT2D eigenvalue weighted by atomic mass is 10.1. The van der Waals surface area contributed by atoms with Crippen molar-refractivity contribution in [3.05, 3.63) is 35.9 Å². The molecule has 4 nitrogen and oxygen atoms in total. The maximum atomic E-state index is 11.7. The first-order chi connectivity index (χ1) is 8.18. The summed E-state index contributed by atoms with van der Waals surface area (Å²) in [4.78, 5) is 13.9. The molecule has 0 aromatic heterocycles. The highest BCUT2D eigenvalue weighted by atomic mass is 16.5. The van der Waals surface area contributed by atoms with Crippen molar-refractivity contribution in [3.8, 4) is 0 Å². The molecular formula is C13H18N2O2. The van der Waals surface area contributed by atoms with Gasteiger partial charge in [0, 0.05) is 6.04 Å². The van der Waals surface area contributed by atoms with Crippen LogP contribution in [0.4, 0.5) is 0 Å². The molecule has 0 radical (unpaired) electrons. The largest absolute Gasteiger partial charge is 0.463 e. The summed E-state index contributed by atoms with van der Waals surface area (Å²) in [7, 11) is 2.03. The second kappa shape index (κ2) is 5.29. The number of hydrogen-bond acceptors (Lipinski definition) is 4. The summed E-state index contributed by atoms with van der Waals surface area (Å²) in [5, 5.41) is 0. The quantitative estimate of drug-likeness (QED) is 0.788. The summed E-state index contributed by atoms with van der Waals surface area (Å²) in [5.74, 6) is -0.350. The molecule has 2 atom stereocenters. The van der Waals surface area contributed by atoms with Gasteiger partial charge in [0.2, 0.25) is 0 Å². The second-order valence-electron chi connectivity index (χ2n) is 4.44. The highest BCUT2D eigenvalue weighted by Gasteiger charge is 2.26. The predicted octanol–water partition coefficient (Wildman–Crippen LogP) is 0.934. The number of benzene rings is 1. The topological polar surface area (TPSA) is 55.6 Å². The monoisotopic (exact) mass is 234 g/mol. The molecule has 0 saturated carbocycles. The van der Waals surface area contributed by atoms with Crippen LogP contribution in [0.15, 0.2) is 30.3 Å². The molecule has 1 heterocycles. The Morgan fingerprint density at radius 3 is 2.76 bits per heavy atom. The zero-order valence-corrected chi connectivity index (χ0v) is 10.0. The Morgan fingerprint density at radius 1 is 1.53 bits per heavy atom. The molecule has 0 bridgehead atoms. The molecule has 92 valence electrons. The number of likely N-dealkylation sites (tertiary alicyclic amines) is 1. The third-order valence-electron chi connectivity index (χ3n) is 3.27. The predicted molar refractivity (Wildman–Crippen MR) is 65.4 cm³/mol. The number of esters is 1. The summed E-state index contributed by atoms with van der Waals surface area (Å²) in [6, 6.07) is 8.97. The van der Waals surface area contributed by atoms with Crippen molar-refractivity contribution in [2.45, 2.75) is 18.5 Å². The Labute approximate surface area is 101 Å². The van der Waals surface area contributed by atoms with Gasteiger partial charge in [0.25, 0.3) is 0 Å². The minimum atomic E-state index is -0.679. The SMILES string of the molecule is CN1CC[C@H]1COC(=O)C(N)c1ccccc1. The van der Waals surface area contributed by atoms with Gasteiger partial charge in [-0.15, -0.1) is 0 Å². The lowest BCUT2D eigenvalue weighted by Gasteiger charge is -2.37. The van der Waals surface area contributed by atoms with Crippen molar-refractivity contribution in [1.82, 2.24) is 4.90 Å². The van der Waals surface area contributed by atoms with Crippen LogP contribution in [-0.4, -0.2) is 37.1 Å². The van der Waals surface area contributed by atoms with Crippen LogP contribution in [0.5, 0.6) is 0 Å². The van der Waals surface area contributed by atoms with Crippen LogP contribution < -0.4 is 5.73 Å². The van der Waals surface area contributed by atoms with E-state index in [9.17, 15) is 4.79 Å². The molecule has 0 spiro atoms. The lowest BCUT2D eigenvalue weighted by molar-refractivity contribution is -0.148. The average Bonchev–Trinajstić information content (AvgIpc) is 2.37. The van der Waals surface area contributed by atoms with Crippen molar-refractivity contribution in [1.29, 1.82) is 0 Å². The van der Waals surface area contributed by atoms with Gasteiger partial charge in [-0.05, 0) is 25.6 Å². The lowest BCUT2D eigenvalue weighted by Crippen LogP contribution is -2.48. The Kier molecular flexibility index (Phi) is 3.76. The summed E-state index contributed by atoms with van der Waals surface area (Å²) in [6.07, 6.45) is 1.09. The molecule has 4 heteroatoms. The van der Waals surface area contributed by atoms with Gasteiger partial charge < -0.3 is 10.5 Å². The Hall–Kier alpha value is -1.39. The first-order valence-corrected chi connectivity index (χ1v) is 5.86. The number of rotatable bonds is 4. The number of likely N-dealkylation sites (N-methyl/N-ethyl adjacent to an activating group) is 1. The first kappa shape index (κ1) is 12.1. The van der Waals surface area contributed by atoms with Crippen LogP contribution in [0.1, 0.15) is 18.0 Å². The molecule has 1 unspecified atom stereocenters. The highest BCUT2D eigenvalue weighted by molar-refractivity contribution is 5.77. The third-order valence-corrected chi connectivity index (χ3v) is 3.27. The van der Waals surface area contributed by atoms with Gasteiger partial charge in [-0.25, -0.2) is 4.79 Å². The van der Waals surface area contributed by atoms with Crippen LogP contribution in [0, 0.1) is 0 Å². The standard InChI is InChI=1S/C13H18N2O2/c1-15-8-7-11(15)9-17-13(16)12(14)10-5-3-2-4-6-10/h2-6,11-12H,7-9,14H2,1H3/t11-,12?/m0/s1. The fourth-order valence-corrected chi connectivity index (χ4v) is 1.85. The van der Waals surface area contributed by atoms with Crippen LogP contribution in [0.2, 0.25) is 0 Å². The van der Waals surface area contributed by atoms with Gasteiger partial charge in [-0.3, -0.25) is 4.90 Å². The molecule has 17 heavy (non-hydrogen) atoms. The fraction of sp³-hybridized carbons (Fsp3) is 0.462. The molecule has 2 N–H and O–H groups in total. The molecule has 1 aromatic carbocycles. The van der Waals surface area contributed by atoms with E-state index in [0.29, 0.717) is 12.6 Å². The zero-order valence-electron chi connectivity index (χ0n) is 10.0. The van der Waals surface area contributed by atoms with E-state index in [1.165, 1.54) is 0 Å². The van der Waals surface area contributed by atoms with Gasteiger partial charge in [-0.2, -0.15) is 0 Å². The summed E-state index contributed by atoms with van der Waals surface area (Å²) in [6.45, 7) is 1.52. The first-order valence-electron chi connectivity index (χ1n) is 5.86. The number of ether oxygens (including phenoxy) is 1. The Balaban J connectivity index is 1.83. The molecule has 2 rings (SSSR count). The van der Waals surface area contributed by atoms with Crippen LogP contribution >= 0.6 is 0 Å². The van der Waals surface area contributed by atoms with Crippen LogP contribution in [-0.2, 0) is 9.53 Å². The number of hydrogen-bond donors (Lipinski definition) is 1. The second-order valence-corrected chi connectivity index (χ2v) is 4.44. The normalized spacial score (nSPS) is 21.6. The van der Waals surface area contributed by atoms with E-state index < -0.39 is 6.04 Å². The zero-order chi connectivity index (χ0) is 12.3. The minimum absolute atomic E-state index is 0.350. The minimum Gasteiger partial charge on any atom is -0.463 e. The van der Waals surface area contributed by atoms with E-state index in [4.69, 9.17) is 10.5 Å². The van der Waals surface area contributed by atoms with E-state index in [-0.39, 0.29) is 5.97 Å². The molecule has 1 fully saturated rings. The van der Waals surface area contributed by atoms with Crippen LogP contribution in [0.3, 0.4) is 0 Å². The van der Waals surface area contributed by atoms with Crippen molar-refractivity contribution >= 4 is 5.97 Å². The molecular weight excluding hydrogens is 216 g/mol. The van der Waals surface area contributed by atoms with Gasteiger partial charge >= 0.3 is 5.97 Å². The Bertz CT molecular complexity index is 380. The van der Waals surface area contributed by atoms with Gasteiger partial charge in [0.15, 0.2) is 0 Å². The summed E-state index contributed by atoms with van der Waals surface area (Å²) >= 11 is 0. The van der Waals surface area contributed by atoms with E-state index >= 15 is 0 Å². The van der Waals surface area contributed by atoms with Gasteiger partial charge in [0.05, 0.1) is 0 Å². The molecule has 1 aliphatic heterocycles. The molecule has 0 amide bonds. The van der Waals surface area contributed by atoms with Gasteiger partial charge in [-0.1, -0.05) is 30.3 Å². The van der Waals surface area contributed by atoms with E-state index in [1.54, 1.807) is 0 Å². The summed E-state index contributed by atoms with van der Waals surface area (Å²) < 4.78 is 5.23. The Morgan fingerprint density at radius 2 is 2.24 bits per heavy atom. The number of nitrogens with zero attached hydrogens (tertiary/aromatic N) is 1. The number of carbonyl (C=O) groups excluding carboxylic acids is 1. The van der Waals surface area contributed by atoms with Crippen LogP contribution in [0.25, 0.3) is 0 Å². The molecule has 1 saturated heterocycles. The molecule has 0 aliphatic carbocycles. The van der Waals surface area contributed by atoms with Crippen molar-refractivity contribution in [2.24, 2.45) is 5.73 Å². The number of carbonyl (C=O) groups is 1. The highest BCUT2D eigenvalue weighted by Crippen LogP contribution is 2.16. The molecule has 1 aliphatic rings. The maximum Gasteiger partial charge on any atom is 0.327 e. The van der Waals surface area contributed by atoms with Crippen molar-refractivity contribution in [2.75, 3.05) is 20.2 Å².